The van der Waals surface area contributed by atoms with Gasteiger partial charge >= 0.3 is 6.18 Å². The molecule has 0 aliphatic heterocycles. The first kappa shape index (κ1) is 10.7. The van der Waals surface area contributed by atoms with Gasteiger partial charge in [0.1, 0.15) is 0 Å². The molecule has 0 heterocycles. The van der Waals surface area contributed by atoms with Gasteiger partial charge in [-0.15, -0.1) is 0 Å². The Morgan fingerprint density at radius 1 is 1.36 bits per heavy atom. The van der Waals surface area contributed by atoms with Crippen molar-refractivity contribution in [3.63, 3.8) is 0 Å². The summed E-state index contributed by atoms with van der Waals surface area (Å²) in [5, 5.41) is 0. The smallest absolute Gasteiger partial charge is 0.390 e. The monoisotopic (exact) mass is 192 g/mol. The quantitative estimate of drug-likeness (QED) is 0.639. The molecule has 0 atom stereocenters. The first-order valence-corrected chi connectivity index (χ1v) is 3.89. The summed E-state index contributed by atoms with van der Waals surface area (Å²) in [6.07, 6.45) is -5.79. The molecule has 0 saturated heterocycles. The second kappa shape index (κ2) is 3.37. The van der Waals surface area contributed by atoms with Crippen LogP contribution in [0, 0.1) is 0 Å². The van der Waals surface area contributed by atoms with Crippen LogP contribution in [-0.2, 0) is 10.3 Å². The molecule has 0 bridgehead atoms. The molecule has 11 heavy (non-hydrogen) atoms. The van der Waals surface area contributed by atoms with Crippen LogP contribution in [0.25, 0.3) is 0 Å². The molecule has 0 aromatic rings. The third kappa shape index (κ3) is 9.66. The molecule has 0 spiro atoms. The van der Waals surface area contributed by atoms with E-state index in [1.807, 2.05) is 0 Å². The summed E-state index contributed by atoms with van der Waals surface area (Å²) in [7, 11) is -4.75. The topological polar surface area (TPSA) is 69.2 Å². The van der Waals surface area contributed by atoms with E-state index < -0.39 is 29.4 Å². The molecule has 0 aromatic heterocycles. The van der Waals surface area contributed by atoms with Gasteiger partial charge < -0.3 is 4.55 Å². The lowest BCUT2D eigenvalue weighted by Gasteiger charge is -2.09. The van der Waals surface area contributed by atoms with Gasteiger partial charge in [0.15, 0.2) is 10.3 Å². The summed E-state index contributed by atoms with van der Waals surface area (Å²) in [6.45, 7) is -0.907. The number of nitrogens with one attached hydrogen (secondary N) is 1. The second-order valence-electron chi connectivity index (χ2n) is 1.71. The molecule has 0 unspecified atom stereocenters. The molecule has 0 amide bonds. The number of hydrogen-bond acceptors (Lipinski definition) is 3. The van der Waals surface area contributed by atoms with Crippen molar-refractivity contribution in [1.29, 1.82) is 0 Å². The van der Waals surface area contributed by atoms with Crippen molar-refractivity contribution < 1.29 is 26.1 Å². The van der Waals surface area contributed by atoms with Gasteiger partial charge in [0, 0.05) is 6.54 Å². The van der Waals surface area contributed by atoms with E-state index in [1.165, 1.54) is 4.72 Å². The van der Waals surface area contributed by atoms with Crippen LogP contribution in [0.1, 0.15) is 6.42 Å². The van der Waals surface area contributed by atoms with Crippen molar-refractivity contribution in [3.05, 3.63) is 0 Å². The zero-order chi connectivity index (χ0) is 9.12. The van der Waals surface area contributed by atoms with Crippen LogP contribution in [0.2, 0.25) is 0 Å². The number of alkyl halides is 3. The molecular formula is C3H5F3NO3S-. The van der Waals surface area contributed by atoms with Crippen LogP contribution < -0.4 is 4.72 Å². The number of halogens is 3. The molecule has 0 radical (unpaired) electrons. The lowest BCUT2D eigenvalue weighted by Crippen LogP contribution is -2.27. The highest BCUT2D eigenvalue weighted by molar-refractivity contribution is 7.83. The molecule has 0 rings (SSSR count). The van der Waals surface area contributed by atoms with Crippen LogP contribution >= 0.6 is 0 Å². The van der Waals surface area contributed by atoms with Crippen molar-refractivity contribution in [2.75, 3.05) is 6.54 Å². The SMILES string of the molecule is O=S(=O)([O-])NCCC(F)(F)F. The third-order valence-corrected chi connectivity index (χ3v) is 1.24. The van der Waals surface area contributed by atoms with Crippen molar-refractivity contribution in [2.45, 2.75) is 12.6 Å². The van der Waals surface area contributed by atoms with E-state index in [2.05, 4.69) is 0 Å². The number of rotatable bonds is 3. The maximum absolute atomic E-state index is 11.3. The van der Waals surface area contributed by atoms with E-state index in [9.17, 15) is 26.1 Å². The standard InChI is InChI=1S/C3H6F3NO3S/c4-3(5,6)1-2-7-11(8,9)10/h7H,1-2H2,(H,8,9,10)/p-1. The predicted octanol–water partition coefficient (Wildman–Crippen LogP) is -0.0114. The molecule has 1 N–H and O–H groups in total. The van der Waals surface area contributed by atoms with Crippen LogP contribution in [0.3, 0.4) is 0 Å². The van der Waals surface area contributed by atoms with Crippen LogP contribution in [-0.4, -0.2) is 25.7 Å². The minimum Gasteiger partial charge on any atom is -0.735 e. The molecule has 0 aliphatic carbocycles. The van der Waals surface area contributed by atoms with Gasteiger partial charge in [-0.05, 0) is 0 Å². The Morgan fingerprint density at radius 2 is 1.82 bits per heavy atom. The van der Waals surface area contributed by atoms with E-state index in [4.69, 9.17) is 0 Å². The zero-order valence-corrected chi connectivity index (χ0v) is 6.00. The lowest BCUT2D eigenvalue weighted by atomic mass is 10.4. The zero-order valence-electron chi connectivity index (χ0n) is 5.18. The summed E-state index contributed by atoms with van der Waals surface area (Å²) in [5.74, 6) is 0. The first-order chi connectivity index (χ1) is 4.71. The molecule has 0 fully saturated rings. The van der Waals surface area contributed by atoms with Crippen LogP contribution in [0.4, 0.5) is 13.2 Å². The highest BCUT2D eigenvalue weighted by Crippen LogP contribution is 2.18. The predicted molar refractivity (Wildman–Crippen MR) is 28.4 cm³/mol. The Labute approximate surface area is 61.3 Å². The summed E-state index contributed by atoms with van der Waals surface area (Å²) < 4.78 is 64.1. The van der Waals surface area contributed by atoms with Crippen molar-refractivity contribution >= 4 is 10.3 Å². The summed E-state index contributed by atoms with van der Waals surface area (Å²) in [4.78, 5) is 0. The summed E-state index contributed by atoms with van der Waals surface area (Å²) in [5.41, 5.74) is 0. The van der Waals surface area contributed by atoms with E-state index >= 15 is 0 Å². The fraction of sp³-hybridized carbons (Fsp3) is 1.00. The maximum atomic E-state index is 11.3. The Hall–Kier alpha value is -0.340. The third-order valence-electron chi connectivity index (χ3n) is 0.687. The fourth-order valence-electron chi connectivity index (χ4n) is 0.318. The second-order valence-corrected chi connectivity index (χ2v) is 2.91. The minimum atomic E-state index is -4.75. The van der Waals surface area contributed by atoms with E-state index in [0.29, 0.717) is 0 Å². The van der Waals surface area contributed by atoms with Gasteiger partial charge in [-0.1, -0.05) is 0 Å². The highest BCUT2D eigenvalue weighted by atomic mass is 32.2. The Bertz CT molecular complexity index is 208. The van der Waals surface area contributed by atoms with E-state index in [-0.39, 0.29) is 0 Å². The van der Waals surface area contributed by atoms with Crippen molar-refractivity contribution in [1.82, 2.24) is 4.72 Å². The number of hydrogen-bond donors (Lipinski definition) is 1. The van der Waals surface area contributed by atoms with Crippen LogP contribution in [0.5, 0.6) is 0 Å². The van der Waals surface area contributed by atoms with Gasteiger partial charge in [-0.3, -0.25) is 0 Å². The van der Waals surface area contributed by atoms with Crippen molar-refractivity contribution in [3.8, 4) is 0 Å². The Balaban J connectivity index is 3.61. The molecule has 68 valence electrons. The molecule has 0 aliphatic rings. The fourth-order valence-corrected chi connectivity index (χ4v) is 0.670. The lowest BCUT2D eigenvalue weighted by molar-refractivity contribution is -0.132. The van der Waals surface area contributed by atoms with Crippen molar-refractivity contribution in [2.24, 2.45) is 0 Å². The molecular weight excluding hydrogens is 187 g/mol. The first-order valence-electron chi connectivity index (χ1n) is 2.48. The molecule has 0 saturated carbocycles. The van der Waals surface area contributed by atoms with Gasteiger partial charge in [-0.25, -0.2) is 13.1 Å². The highest BCUT2D eigenvalue weighted by Gasteiger charge is 2.26. The molecule has 4 nitrogen and oxygen atoms in total. The largest absolute Gasteiger partial charge is 0.735 e. The van der Waals surface area contributed by atoms with Gasteiger partial charge in [0.2, 0.25) is 0 Å². The average Bonchev–Trinajstić information content (AvgIpc) is 1.55. The minimum absolute atomic E-state index is 0.907. The molecule has 0 aromatic carbocycles. The van der Waals surface area contributed by atoms with E-state index in [1.54, 1.807) is 0 Å². The van der Waals surface area contributed by atoms with Gasteiger partial charge in [-0.2, -0.15) is 13.2 Å². The average molecular weight is 192 g/mol. The van der Waals surface area contributed by atoms with Gasteiger partial charge in [0.25, 0.3) is 0 Å². The normalized spacial score (nSPS) is 13.5. The molecule has 8 heteroatoms. The Kier molecular flexibility index (Phi) is 3.27. The Morgan fingerprint density at radius 3 is 2.09 bits per heavy atom. The summed E-state index contributed by atoms with van der Waals surface area (Å²) >= 11 is 0. The van der Waals surface area contributed by atoms with Gasteiger partial charge in [0.05, 0.1) is 6.42 Å². The summed E-state index contributed by atoms with van der Waals surface area (Å²) in [6, 6.07) is 0. The van der Waals surface area contributed by atoms with E-state index in [0.717, 1.165) is 0 Å². The maximum Gasteiger partial charge on any atom is 0.390 e. The van der Waals surface area contributed by atoms with Crippen LogP contribution in [0.15, 0.2) is 0 Å².